The van der Waals surface area contributed by atoms with Crippen LogP contribution in [-0.2, 0) is 13.0 Å². The minimum Gasteiger partial charge on any atom is -0.357 e. The number of hydrogen-bond donors (Lipinski definition) is 1. The summed E-state index contributed by atoms with van der Waals surface area (Å²) < 4.78 is 0. The molecule has 3 nitrogen and oxygen atoms in total. The van der Waals surface area contributed by atoms with Gasteiger partial charge in [-0.15, -0.1) is 0 Å². The van der Waals surface area contributed by atoms with Gasteiger partial charge in [-0.1, -0.05) is 18.2 Å². The zero-order chi connectivity index (χ0) is 11.7. The van der Waals surface area contributed by atoms with Gasteiger partial charge in [-0.2, -0.15) is 0 Å². The van der Waals surface area contributed by atoms with E-state index in [0.29, 0.717) is 12.2 Å². The lowest BCUT2D eigenvalue weighted by Crippen LogP contribution is -2.36. The molecule has 17 heavy (non-hydrogen) atoms. The fourth-order valence-corrected chi connectivity index (χ4v) is 2.23. The lowest BCUT2D eigenvalue weighted by molar-refractivity contribution is 0.0729. The summed E-state index contributed by atoms with van der Waals surface area (Å²) in [7, 11) is 0. The van der Waals surface area contributed by atoms with Crippen molar-refractivity contribution in [1.29, 1.82) is 0 Å². The molecule has 1 aliphatic rings. The van der Waals surface area contributed by atoms with Crippen LogP contribution in [0.2, 0.25) is 0 Å². The molecule has 3 heteroatoms. The fraction of sp³-hybridized carbons (Fsp3) is 0.214. The number of hydrogen-bond acceptors (Lipinski definition) is 1. The minimum atomic E-state index is 0.0773. The lowest BCUT2D eigenvalue weighted by Gasteiger charge is -2.28. The summed E-state index contributed by atoms with van der Waals surface area (Å²) in [6.45, 7) is 1.48. The highest BCUT2D eigenvalue weighted by Gasteiger charge is 2.21. The van der Waals surface area contributed by atoms with Gasteiger partial charge >= 0.3 is 0 Å². The van der Waals surface area contributed by atoms with Crippen LogP contribution < -0.4 is 0 Å². The number of rotatable bonds is 1. The van der Waals surface area contributed by atoms with E-state index in [1.54, 1.807) is 6.20 Å². The van der Waals surface area contributed by atoms with Gasteiger partial charge in [-0.3, -0.25) is 4.79 Å². The van der Waals surface area contributed by atoms with Crippen LogP contribution in [0.4, 0.5) is 0 Å². The summed E-state index contributed by atoms with van der Waals surface area (Å²) in [5, 5.41) is 0. The molecule has 0 spiro atoms. The van der Waals surface area contributed by atoms with Crippen LogP contribution in [0.1, 0.15) is 21.6 Å². The predicted molar refractivity (Wildman–Crippen MR) is 64.5 cm³/mol. The van der Waals surface area contributed by atoms with Crippen LogP contribution in [-0.4, -0.2) is 22.3 Å². The van der Waals surface area contributed by atoms with Crippen molar-refractivity contribution in [3.8, 4) is 0 Å². The molecule has 1 aliphatic heterocycles. The zero-order valence-electron chi connectivity index (χ0n) is 9.44. The molecule has 1 radical (unpaired) electrons. The smallest absolute Gasteiger partial charge is 0.270 e. The van der Waals surface area contributed by atoms with Crippen LogP contribution in [0.5, 0.6) is 0 Å². The van der Waals surface area contributed by atoms with E-state index < -0.39 is 0 Å². The highest BCUT2D eigenvalue weighted by Crippen LogP contribution is 2.19. The normalized spacial score (nSPS) is 14.5. The van der Waals surface area contributed by atoms with Crippen LogP contribution in [0.3, 0.4) is 0 Å². The van der Waals surface area contributed by atoms with Crippen molar-refractivity contribution in [1.82, 2.24) is 9.88 Å². The molecule has 0 saturated carbocycles. The summed E-state index contributed by atoms with van der Waals surface area (Å²) in [6.07, 6.45) is 2.69. The zero-order valence-corrected chi connectivity index (χ0v) is 9.44. The van der Waals surface area contributed by atoms with E-state index >= 15 is 0 Å². The molecule has 0 unspecified atom stereocenters. The Bertz CT molecular complexity index is 531. The van der Waals surface area contributed by atoms with Crippen molar-refractivity contribution in [2.75, 3.05) is 6.54 Å². The van der Waals surface area contributed by atoms with Crippen molar-refractivity contribution in [2.24, 2.45) is 0 Å². The number of carbonyl (C=O) groups is 1. The Hall–Kier alpha value is -2.03. The first-order valence-corrected chi connectivity index (χ1v) is 5.75. The molecule has 0 atom stereocenters. The van der Waals surface area contributed by atoms with Crippen molar-refractivity contribution in [3.63, 3.8) is 0 Å². The van der Waals surface area contributed by atoms with Crippen molar-refractivity contribution in [3.05, 3.63) is 59.4 Å². The van der Waals surface area contributed by atoms with Crippen LogP contribution in [0, 0.1) is 6.07 Å². The number of aromatic nitrogens is 1. The average Bonchev–Trinajstić information content (AvgIpc) is 2.91. The molecular formula is C14H13N2O. The number of nitrogens with zero attached hydrogens (tertiary/aromatic N) is 1. The van der Waals surface area contributed by atoms with E-state index in [-0.39, 0.29) is 5.91 Å². The Labute approximate surface area is 100 Å². The highest BCUT2D eigenvalue weighted by molar-refractivity contribution is 5.92. The lowest BCUT2D eigenvalue weighted by atomic mass is 10.00. The molecule has 1 aromatic carbocycles. The van der Waals surface area contributed by atoms with Crippen LogP contribution >= 0.6 is 0 Å². The van der Waals surface area contributed by atoms with Gasteiger partial charge in [0.25, 0.3) is 5.91 Å². The van der Waals surface area contributed by atoms with E-state index in [2.05, 4.69) is 11.1 Å². The van der Waals surface area contributed by atoms with Crippen LogP contribution in [0.15, 0.2) is 36.5 Å². The van der Waals surface area contributed by atoms with E-state index in [4.69, 9.17) is 0 Å². The Morgan fingerprint density at radius 2 is 2.29 bits per heavy atom. The number of carbonyl (C=O) groups excluding carboxylic acids is 1. The van der Waals surface area contributed by atoms with Gasteiger partial charge in [-0.25, -0.2) is 0 Å². The van der Waals surface area contributed by atoms with Gasteiger partial charge in [-0.05, 0) is 35.7 Å². The Balaban J connectivity index is 1.83. The van der Waals surface area contributed by atoms with E-state index in [9.17, 15) is 4.79 Å². The second-order valence-corrected chi connectivity index (χ2v) is 4.26. The third-order valence-corrected chi connectivity index (χ3v) is 3.18. The first-order chi connectivity index (χ1) is 8.34. The maximum absolute atomic E-state index is 12.2. The molecule has 1 amide bonds. The van der Waals surface area contributed by atoms with Crippen LogP contribution in [0.25, 0.3) is 0 Å². The number of nitrogens with one attached hydrogen (secondary N) is 1. The molecular weight excluding hydrogens is 212 g/mol. The molecule has 85 valence electrons. The van der Waals surface area contributed by atoms with Gasteiger partial charge in [0.1, 0.15) is 5.69 Å². The van der Waals surface area contributed by atoms with Crippen molar-refractivity contribution < 1.29 is 4.79 Å². The molecule has 0 saturated heterocycles. The summed E-state index contributed by atoms with van der Waals surface area (Å²) in [6, 6.07) is 12.7. The monoisotopic (exact) mass is 225 g/mol. The predicted octanol–water partition coefficient (Wildman–Crippen LogP) is 2.01. The Morgan fingerprint density at radius 1 is 1.35 bits per heavy atom. The second kappa shape index (κ2) is 4.09. The van der Waals surface area contributed by atoms with E-state index in [1.165, 1.54) is 11.1 Å². The maximum atomic E-state index is 12.2. The molecule has 2 heterocycles. The van der Waals surface area contributed by atoms with E-state index in [1.807, 2.05) is 35.2 Å². The fourth-order valence-electron chi connectivity index (χ4n) is 2.23. The van der Waals surface area contributed by atoms with Gasteiger partial charge < -0.3 is 9.88 Å². The highest BCUT2D eigenvalue weighted by atomic mass is 16.2. The molecule has 1 N–H and O–H groups in total. The van der Waals surface area contributed by atoms with Crippen molar-refractivity contribution >= 4 is 5.91 Å². The maximum Gasteiger partial charge on any atom is 0.270 e. The number of amides is 1. The summed E-state index contributed by atoms with van der Waals surface area (Å²) in [4.78, 5) is 17.0. The summed E-state index contributed by atoms with van der Waals surface area (Å²) >= 11 is 0. The average molecular weight is 225 g/mol. The first-order valence-electron chi connectivity index (χ1n) is 5.75. The van der Waals surface area contributed by atoms with Gasteiger partial charge in [0.05, 0.1) is 0 Å². The quantitative estimate of drug-likeness (QED) is 0.791. The molecule has 0 fully saturated rings. The second-order valence-electron chi connectivity index (χ2n) is 4.26. The molecule has 2 aromatic rings. The third kappa shape index (κ3) is 1.84. The number of aromatic amines is 1. The first kappa shape index (κ1) is 10.1. The molecule has 3 rings (SSSR count). The molecule has 0 bridgehead atoms. The molecule has 1 aromatic heterocycles. The number of benzene rings is 1. The Morgan fingerprint density at radius 3 is 3.12 bits per heavy atom. The third-order valence-electron chi connectivity index (χ3n) is 3.18. The largest absolute Gasteiger partial charge is 0.357 e. The summed E-state index contributed by atoms with van der Waals surface area (Å²) in [5.74, 6) is 0.0773. The summed E-state index contributed by atoms with van der Waals surface area (Å²) in [5.41, 5.74) is 3.20. The minimum absolute atomic E-state index is 0.0773. The van der Waals surface area contributed by atoms with Crippen molar-refractivity contribution in [2.45, 2.75) is 13.0 Å². The Kier molecular flexibility index (Phi) is 2.44. The number of fused-ring (bicyclic) bond motifs is 1. The van der Waals surface area contributed by atoms with Gasteiger partial charge in [0, 0.05) is 19.3 Å². The standard InChI is InChI=1S/C14H13N2O/c17-14(13-6-3-8-15-13)16-9-7-11-4-1-2-5-12(11)10-16/h2-6,8,15H,7,9-10H2. The van der Waals surface area contributed by atoms with E-state index in [0.717, 1.165) is 13.0 Å². The molecule has 0 aliphatic carbocycles. The topological polar surface area (TPSA) is 36.1 Å². The van der Waals surface area contributed by atoms with Gasteiger partial charge in [0.15, 0.2) is 0 Å². The SMILES string of the molecule is O=C(c1ccc[nH]1)N1CCc2c[c]ccc2C1. The number of H-pyrrole nitrogens is 1. The van der Waals surface area contributed by atoms with Gasteiger partial charge in [0.2, 0.25) is 0 Å².